The second-order valence-corrected chi connectivity index (χ2v) is 10.2. The predicted octanol–water partition coefficient (Wildman–Crippen LogP) is 9.32. The lowest BCUT2D eigenvalue weighted by Gasteiger charge is -2.26. The third-order valence-corrected chi connectivity index (χ3v) is 6.98. The largest absolute Gasteiger partial charge is 0.345 e. The zero-order chi connectivity index (χ0) is 23.4. The van der Waals surface area contributed by atoms with Crippen molar-refractivity contribution in [3.8, 4) is 11.1 Å². The maximum absolute atomic E-state index is 3.55. The van der Waals surface area contributed by atoms with Crippen LogP contribution in [0.1, 0.15) is 50.7 Å². The Labute approximate surface area is 203 Å². The summed E-state index contributed by atoms with van der Waals surface area (Å²) in [7, 11) is 2.15. The highest BCUT2D eigenvalue weighted by Gasteiger charge is 2.19. The van der Waals surface area contributed by atoms with E-state index in [9.17, 15) is 0 Å². The molecule has 4 aromatic rings. The molecule has 0 fully saturated rings. The summed E-state index contributed by atoms with van der Waals surface area (Å²) in [4.78, 5) is 4.78. The van der Waals surface area contributed by atoms with Gasteiger partial charge in [0.2, 0.25) is 0 Å². The lowest BCUT2D eigenvalue weighted by Crippen LogP contribution is -2.12. The molecule has 2 heteroatoms. The Morgan fingerprint density at radius 1 is 0.667 bits per heavy atom. The maximum atomic E-state index is 3.55. The standard InChI is InChI=1S/C31H32NS/c1-22(2)29-20-26(32(5)25-14-8-6-9-15-25)21-30(23(3)4)31(29)24-13-12-18-28(19-24)33-27-16-10-7-11-17-27/h6-12,14-23H,1-5H3. The fourth-order valence-corrected chi connectivity index (χ4v) is 5.04. The van der Waals surface area contributed by atoms with Crippen molar-refractivity contribution in [3.05, 3.63) is 108 Å². The Morgan fingerprint density at radius 2 is 1.24 bits per heavy atom. The van der Waals surface area contributed by atoms with Gasteiger partial charge in [0.05, 0.1) is 0 Å². The van der Waals surface area contributed by atoms with Gasteiger partial charge in [0.25, 0.3) is 0 Å². The molecule has 0 heterocycles. The highest BCUT2D eigenvalue weighted by molar-refractivity contribution is 7.99. The van der Waals surface area contributed by atoms with Crippen LogP contribution in [0.15, 0.2) is 101 Å². The summed E-state index contributed by atoms with van der Waals surface area (Å²) in [6, 6.07) is 36.0. The zero-order valence-corrected chi connectivity index (χ0v) is 21.0. The van der Waals surface area contributed by atoms with E-state index in [4.69, 9.17) is 0 Å². The number of nitrogens with zero attached hydrogens (tertiary/aromatic N) is 1. The molecule has 0 N–H and O–H groups in total. The Kier molecular flexibility index (Phi) is 7.25. The van der Waals surface area contributed by atoms with Crippen LogP contribution in [0.5, 0.6) is 0 Å². The third-order valence-electron chi connectivity index (χ3n) is 5.98. The minimum atomic E-state index is 0.403. The SMILES string of the molecule is CC(C)c1cc(N(C)c2ccccc2)cc(C(C)C)c1-c1[c]ccc(Sc2ccccc2)c1. The van der Waals surface area contributed by atoms with Gasteiger partial charge in [-0.25, -0.2) is 0 Å². The van der Waals surface area contributed by atoms with E-state index < -0.39 is 0 Å². The lowest BCUT2D eigenvalue weighted by atomic mass is 9.84. The van der Waals surface area contributed by atoms with Crippen LogP contribution in [0.3, 0.4) is 0 Å². The lowest BCUT2D eigenvalue weighted by molar-refractivity contribution is 0.836. The predicted molar refractivity (Wildman–Crippen MR) is 144 cm³/mol. The Balaban J connectivity index is 1.82. The summed E-state index contributed by atoms with van der Waals surface area (Å²) in [6.45, 7) is 9.16. The van der Waals surface area contributed by atoms with Crippen LogP contribution in [0.25, 0.3) is 11.1 Å². The number of para-hydroxylation sites is 1. The van der Waals surface area contributed by atoms with Crippen LogP contribution in [0, 0.1) is 6.07 Å². The molecule has 4 rings (SSSR count). The summed E-state index contributed by atoms with van der Waals surface area (Å²) >= 11 is 1.80. The van der Waals surface area contributed by atoms with Crippen LogP contribution in [-0.2, 0) is 0 Å². The fraction of sp³-hybridized carbons (Fsp3) is 0.226. The van der Waals surface area contributed by atoms with E-state index in [1.54, 1.807) is 11.8 Å². The van der Waals surface area contributed by atoms with Gasteiger partial charge < -0.3 is 4.90 Å². The summed E-state index contributed by atoms with van der Waals surface area (Å²) < 4.78 is 0. The molecule has 167 valence electrons. The second-order valence-electron chi connectivity index (χ2n) is 9.06. The molecule has 0 atom stereocenters. The molecule has 0 aliphatic carbocycles. The average molecular weight is 451 g/mol. The Morgan fingerprint density at radius 3 is 1.82 bits per heavy atom. The van der Waals surface area contributed by atoms with Gasteiger partial charge in [-0.05, 0) is 88.7 Å². The average Bonchev–Trinajstić information content (AvgIpc) is 2.84. The van der Waals surface area contributed by atoms with Crippen molar-refractivity contribution in [3.63, 3.8) is 0 Å². The van der Waals surface area contributed by atoms with Gasteiger partial charge in [0, 0.05) is 28.2 Å². The second kappa shape index (κ2) is 10.3. The molecule has 4 aromatic carbocycles. The first-order chi connectivity index (χ1) is 15.9. The summed E-state index contributed by atoms with van der Waals surface area (Å²) in [5, 5.41) is 0. The number of hydrogen-bond acceptors (Lipinski definition) is 2. The van der Waals surface area contributed by atoms with E-state index in [0.717, 1.165) is 0 Å². The molecule has 1 radical (unpaired) electrons. The van der Waals surface area contributed by atoms with Gasteiger partial charge in [-0.15, -0.1) is 0 Å². The van der Waals surface area contributed by atoms with E-state index >= 15 is 0 Å². The highest BCUT2D eigenvalue weighted by Crippen LogP contribution is 2.41. The van der Waals surface area contributed by atoms with Crippen molar-refractivity contribution in [2.45, 2.75) is 49.3 Å². The molecule has 0 unspecified atom stereocenters. The molecule has 0 aliphatic heterocycles. The van der Waals surface area contributed by atoms with Crippen molar-refractivity contribution in [1.82, 2.24) is 0 Å². The number of rotatable bonds is 7. The topological polar surface area (TPSA) is 3.24 Å². The first kappa shape index (κ1) is 23.2. The van der Waals surface area contributed by atoms with Crippen LogP contribution in [0.4, 0.5) is 11.4 Å². The summed E-state index contributed by atoms with van der Waals surface area (Å²) in [5.41, 5.74) is 7.68. The highest BCUT2D eigenvalue weighted by atomic mass is 32.2. The molecule has 0 aliphatic rings. The minimum absolute atomic E-state index is 0.403. The van der Waals surface area contributed by atoms with Gasteiger partial charge in [-0.2, -0.15) is 0 Å². The maximum Gasteiger partial charge on any atom is 0.0414 e. The van der Waals surface area contributed by atoms with Crippen LogP contribution < -0.4 is 4.90 Å². The van der Waals surface area contributed by atoms with Crippen molar-refractivity contribution in [2.75, 3.05) is 11.9 Å². The van der Waals surface area contributed by atoms with E-state index in [1.807, 2.05) is 0 Å². The van der Waals surface area contributed by atoms with Crippen molar-refractivity contribution >= 4 is 23.1 Å². The molecule has 0 bridgehead atoms. The zero-order valence-electron chi connectivity index (χ0n) is 20.2. The number of anilines is 2. The molecule has 0 saturated heterocycles. The quantitative estimate of drug-likeness (QED) is 0.276. The van der Waals surface area contributed by atoms with E-state index in [-0.39, 0.29) is 0 Å². The van der Waals surface area contributed by atoms with Gasteiger partial charge in [0.15, 0.2) is 0 Å². The van der Waals surface area contributed by atoms with Crippen molar-refractivity contribution < 1.29 is 0 Å². The molecule has 0 saturated carbocycles. The first-order valence-electron chi connectivity index (χ1n) is 11.7. The molecular weight excluding hydrogens is 418 g/mol. The fourth-order valence-electron chi connectivity index (χ4n) is 4.17. The molecule has 0 spiro atoms. The normalized spacial score (nSPS) is 11.2. The van der Waals surface area contributed by atoms with Gasteiger partial charge >= 0.3 is 0 Å². The summed E-state index contributed by atoms with van der Waals surface area (Å²) in [6.07, 6.45) is 0. The molecule has 0 amide bonds. The van der Waals surface area contributed by atoms with Crippen molar-refractivity contribution in [2.24, 2.45) is 0 Å². The van der Waals surface area contributed by atoms with Crippen LogP contribution in [0.2, 0.25) is 0 Å². The Bertz CT molecular complexity index is 1170. The van der Waals surface area contributed by atoms with Crippen molar-refractivity contribution in [1.29, 1.82) is 0 Å². The van der Waals surface area contributed by atoms with Gasteiger partial charge in [-0.1, -0.05) is 81.9 Å². The summed E-state index contributed by atoms with van der Waals surface area (Å²) in [5.74, 6) is 0.806. The third kappa shape index (κ3) is 5.34. The number of hydrogen-bond donors (Lipinski definition) is 0. The van der Waals surface area contributed by atoms with Crippen LogP contribution >= 0.6 is 11.8 Å². The monoisotopic (exact) mass is 450 g/mol. The first-order valence-corrected chi connectivity index (χ1v) is 12.5. The molecule has 1 nitrogen and oxygen atoms in total. The Hall–Kier alpha value is -2.97. The molecular formula is C31H32NS. The van der Waals surface area contributed by atoms with Gasteiger partial charge in [0.1, 0.15) is 0 Å². The van der Waals surface area contributed by atoms with E-state index in [2.05, 4.69) is 137 Å². The van der Waals surface area contributed by atoms with E-state index in [0.29, 0.717) is 11.8 Å². The number of benzene rings is 4. The van der Waals surface area contributed by atoms with E-state index in [1.165, 1.54) is 43.4 Å². The smallest absolute Gasteiger partial charge is 0.0414 e. The van der Waals surface area contributed by atoms with Gasteiger partial charge in [-0.3, -0.25) is 0 Å². The molecule has 33 heavy (non-hydrogen) atoms. The van der Waals surface area contributed by atoms with Crippen LogP contribution in [-0.4, -0.2) is 7.05 Å². The molecule has 0 aromatic heterocycles. The minimum Gasteiger partial charge on any atom is -0.345 e.